The van der Waals surface area contributed by atoms with E-state index < -0.39 is 74.2 Å². The number of azide groups is 1. The third kappa shape index (κ3) is 15.0. The fourth-order valence-electron chi connectivity index (χ4n) is 4.59. The summed E-state index contributed by atoms with van der Waals surface area (Å²) in [6.45, 7) is 5.45. The zero-order valence-electron chi connectivity index (χ0n) is 27.1. The van der Waals surface area contributed by atoms with Crippen molar-refractivity contribution in [2.24, 2.45) is 28.4 Å². The molecule has 12 N–H and O–H groups in total. The molecule has 0 bridgehead atoms. The van der Waals surface area contributed by atoms with Crippen LogP contribution in [0.1, 0.15) is 27.2 Å². The van der Waals surface area contributed by atoms with Crippen molar-refractivity contribution in [3.63, 3.8) is 0 Å². The summed E-state index contributed by atoms with van der Waals surface area (Å²) < 4.78 is 25.6. The number of aliphatic hydroxyl groups is 8. The average Bonchev–Trinajstić information content (AvgIpc) is 3.05. The molecule has 15 atom stereocenters. The fraction of sp³-hybridized carbons (Fsp3) is 1.00. The first-order valence-electron chi connectivity index (χ1n) is 13.9. The summed E-state index contributed by atoms with van der Waals surface area (Å²) in [5.74, 6) is 0.668. The maximum Gasteiger partial charge on any atom is 0.175 e. The van der Waals surface area contributed by atoms with Crippen LogP contribution in [0.5, 0.6) is 0 Å². The molecule has 0 aromatic heterocycles. The van der Waals surface area contributed by atoms with Gasteiger partial charge in [-0.05, 0) is 23.8 Å². The van der Waals surface area contributed by atoms with Crippen molar-refractivity contribution >= 4 is 36.4 Å². The van der Waals surface area contributed by atoms with E-state index in [4.69, 9.17) is 61.1 Å². The number of methoxy groups -OCH3 is 2. The number of nitrogens with zero attached hydrogens (tertiary/aromatic N) is 3. The van der Waals surface area contributed by atoms with E-state index in [1.807, 2.05) is 0 Å². The van der Waals surface area contributed by atoms with Gasteiger partial charge in [0.25, 0.3) is 0 Å². The number of rotatable bonds is 6. The molecule has 0 aliphatic carbocycles. The summed E-state index contributed by atoms with van der Waals surface area (Å²) in [5.41, 5.74) is 19.3. The largest absolute Gasteiger partial charge is 0.400 e. The van der Waals surface area contributed by atoms with Crippen LogP contribution < -0.4 is 11.5 Å². The molecular formula is C25H56Cl3N5O13. The van der Waals surface area contributed by atoms with Gasteiger partial charge in [0.05, 0.1) is 37.4 Å². The SMILES string of the molecule is CCC1O[C@@H](OC)C(N=[N+]=[N-])[C@@H](C)[C@H]1C.CCl.CO.CO[C@@H]1OC(CO)[C@H](O)[C@H](O)C1N.Cl.Cl.NC1C(O)OC(CO)[C@H](O)[C@@H]1O. The Kier molecular flexibility index (Phi) is 32.4. The minimum atomic E-state index is -1.35. The van der Waals surface area contributed by atoms with Crippen LogP contribution in [-0.4, -0.2) is 162 Å². The van der Waals surface area contributed by atoms with Gasteiger partial charge in [-0.15, -0.1) is 36.4 Å². The average molecular weight is 741 g/mol. The monoisotopic (exact) mass is 739 g/mol. The van der Waals surface area contributed by atoms with Gasteiger partial charge in [-0.2, -0.15) is 0 Å². The fourth-order valence-corrected chi connectivity index (χ4v) is 4.59. The predicted octanol–water partition coefficient (Wildman–Crippen LogP) is -1.83. The van der Waals surface area contributed by atoms with Crippen LogP contribution >= 0.6 is 36.4 Å². The van der Waals surface area contributed by atoms with Gasteiger partial charge in [0, 0.05) is 32.6 Å². The number of hydrogen-bond donors (Lipinski definition) is 10. The molecule has 0 spiro atoms. The molecule has 18 nitrogen and oxygen atoms in total. The lowest BCUT2D eigenvalue weighted by molar-refractivity contribution is -0.257. The van der Waals surface area contributed by atoms with Gasteiger partial charge >= 0.3 is 0 Å². The summed E-state index contributed by atoms with van der Waals surface area (Å²) in [6.07, 6.45) is -6.60. The van der Waals surface area contributed by atoms with E-state index in [-0.39, 0.29) is 49.5 Å². The molecule has 46 heavy (non-hydrogen) atoms. The molecule has 7 unspecified atom stereocenters. The van der Waals surface area contributed by atoms with Crippen LogP contribution in [0.25, 0.3) is 10.4 Å². The molecule has 0 radical (unpaired) electrons. The molecule has 21 heteroatoms. The predicted molar refractivity (Wildman–Crippen MR) is 172 cm³/mol. The highest BCUT2D eigenvalue weighted by Crippen LogP contribution is 2.34. The Labute approximate surface area is 287 Å². The van der Waals surface area contributed by atoms with Crippen LogP contribution in [-0.2, 0) is 23.7 Å². The van der Waals surface area contributed by atoms with Crippen molar-refractivity contribution in [3.8, 4) is 0 Å². The highest BCUT2D eigenvalue weighted by molar-refractivity contribution is 6.15. The maximum atomic E-state index is 9.40. The van der Waals surface area contributed by atoms with Gasteiger partial charge in [0.1, 0.15) is 36.6 Å². The third-order valence-corrected chi connectivity index (χ3v) is 7.47. The van der Waals surface area contributed by atoms with Crippen molar-refractivity contribution in [2.75, 3.05) is 40.9 Å². The summed E-state index contributed by atoms with van der Waals surface area (Å²) in [4.78, 5) is 2.86. The standard InChI is InChI=1S/C10H19N3O2.C7H15NO5.C6H13NO5.CH3Cl.CH4O.2ClH/c1-5-8-6(2)7(3)9(12-13-11)10(14-4)15-8;1-12-7-4(8)6(11)5(10)3(2-9)13-7;7-3-5(10)4(9)2(1-8)12-6(3)11;2*1-2;;/h6-10H,5H2,1-4H3;3-7,9-11H,2,8H2,1H3;2-6,8-11H,1,7H2;1H3;2H,1H3;2*1H/t6-,7+,8?,9?,10-;3?,4?,5-,6+,7+;2?,3?,4-,5+,6?;;;;/m100..../s1. The van der Waals surface area contributed by atoms with E-state index in [9.17, 15) is 20.4 Å². The van der Waals surface area contributed by atoms with E-state index in [0.717, 1.165) is 13.5 Å². The Hall–Kier alpha value is -0.420. The zero-order chi connectivity index (χ0) is 34.7. The summed E-state index contributed by atoms with van der Waals surface area (Å²) in [7, 11) is 3.96. The summed E-state index contributed by atoms with van der Waals surface area (Å²) >= 11 is 4.64. The van der Waals surface area contributed by atoms with Gasteiger partial charge in [-0.1, -0.05) is 25.9 Å². The minimum absolute atomic E-state index is 0. The van der Waals surface area contributed by atoms with E-state index >= 15 is 0 Å². The molecule has 0 saturated carbocycles. The topological polar surface area (TPSA) is 309 Å². The smallest absolute Gasteiger partial charge is 0.175 e. The van der Waals surface area contributed by atoms with Gasteiger partial charge in [-0.3, -0.25) is 0 Å². The first-order valence-corrected chi connectivity index (χ1v) is 14.6. The number of aliphatic hydroxyl groups excluding tert-OH is 8. The number of hydrogen-bond acceptors (Lipinski definition) is 16. The van der Waals surface area contributed by atoms with Crippen molar-refractivity contribution in [1.29, 1.82) is 0 Å². The molecule has 280 valence electrons. The molecular weight excluding hydrogens is 685 g/mol. The third-order valence-electron chi connectivity index (χ3n) is 7.47. The normalized spacial score (nSPS) is 39.6. The van der Waals surface area contributed by atoms with Crippen LogP contribution in [0, 0.1) is 11.8 Å². The molecule has 0 aromatic rings. The molecule has 0 aromatic carbocycles. The highest BCUT2D eigenvalue weighted by atomic mass is 35.5. The molecule has 3 aliphatic heterocycles. The Morgan fingerprint density at radius 1 is 0.739 bits per heavy atom. The Bertz CT molecular complexity index is 760. The van der Waals surface area contributed by atoms with E-state index in [0.29, 0.717) is 5.92 Å². The highest BCUT2D eigenvalue weighted by Gasteiger charge is 2.43. The lowest BCUT2D eigenvalue weighted by Gasteiger charge is -2.42. The molecule has 0 amide bonds. The molecule has 3 saturated heterocycles. The van der Waals surface area contributed by atoms with Crippen molar-refractivity contribution in [2.45, 2.75) is 107 Å². The Morgan fingerprint density at radius 3 is 1.54 bits per heavy atom. The first kappa shape index (κ1) is 52.4. The molecule has 3 heterocycles. The van der Waals surface area contributed by atoms with E-state index in [2.05, 4.69) is 42.4 Å². The van der Waals surface area contributed by atoms with Crippen LogP contribution in [0.15, 0.2) is 5.11 Å². The van der Waals surface area contributed by atoms with Crippen LogP contribution in [0.4, 0.5) is 0 Å². The van der Waals surface area contributed by atoms with Crippen LogP contribution in [0.3, 0.4) is 0 Å². The number of halogens is 3. The number of nitrogens with two attached hydrogens (primary N) is 2. The van der Waals surface area contributed by atoms with Crippen molar-refractivity contribution in [3.05, 3.63) is 10.4 Å². The molecule has 3 rings (SSSR count). The molecule has 3 aliphatic rings. The second-order valence-electron chi connectivity index (χ2n) is 9.93. The van der Waals surface area contributed by atoms with Crippen molar-refractivity contribution < 1.29 is 64.5 Å². The minimum Gasteiger partial charge on any atom is -0.400 e. The zero-order valence-corrected chi connectivity index (χ0v) is 29.5. The lowest BCUT2D eigenvalue weighted by atomic mass is 9.81. The second-order valence-corrected chi connectivity index (χ2v) is 9.93. The lowest BCUT2D eigenvalue weighted by Crippen LogP contribution is -2.62. The number of ether oxygens (including phenoxy) is 5. The van der Waals surface area contributed by atoms with Crippen LogP contribution in [0.2, 0.25) is 0 Å². The van der Waals surface area contributed by atoms with Gasteiger partial charge in [0.2, 0.25) is 0 Å². The van der Waals surface area contributed by atoms with Gasteiger partial charge < -0.3 is 76.0 Å². The Morgan fingerprint density at radius 2 is 1.15 bits per heavy atom. The Balaban J connectivity index is -0.000000268. The van der Waals surface area contributed by atoms with Gasteiger partial charge in [0.15, 0.2) is 18.9 Å². The van der Waals surface area contributed by atoms with E-state index in [1.54, 1.807) is 7.11 Å². The maximum absolute atomic E-state index is 9.40. The van der Waals surface area contributed by atoms with E-state index in [1.165, 1.54) is 13.5 Å². The molecule has 3 fully saturated rings. The second kappa shape index (κ2) is 28.4. The number of alkyl halides is 1. The quantitative estimate of drug-likeness (QED) is 0.0620. The van der Waals surface area contributed by atoms with Crippen molar-refractivity contribution in [1.82, 2.24) is 0 Å². The van der Waals surface area contributed by atoms with Gasteiger partial charge in [-0.25, -0.2) is 0 Å². The summed E-state index contributed by atoms with van der Waals surface area (Å²) in [6, 6.07) is -2.07. The first-order chi connectivity index (χ1) is 20.8. The summed E-state index contributed by atoms with van der Waals surface area (Å²) in [5, 5.41) is 74.4.